The lowest BCUT2D eigenvalue weighted by atomic mass is 10.0. The molecule has 102 valence electrons. The first-order valence-corrected chi connectivity index (χ1v) is 7.25. The van der Waals surface area contributed by atoms with Gasteiger partial charge in [-0.1, -0.05) is 13.0 Å². The Balaban J connectivity index is 2.07. The van der Waals surface area contributed by atoms with E-state index < -0.39 is 0 Å². The first-order valence-electron chi connectivity index (χ1n) is 6.46. The van der Waals surface area contributed by atoms with E-state index in [9.17, 15) is 0 Å². The average Bonchev–Trinajstić information content (AvgIpc) is 2.67. The molecule has 0 aromatic carbocycles. The Hall–Kier alpha value is -1.20. The molecule has 2 aromatic heterocycles. The Morgan fingerprint density at radius 1 is 1.42 bits per heavy atom. The van der Waals surface area contributed by atoms with Gasteiger partial charge in [-0.15, -0.1) is 0 Å². The van der Waals surface area contributed by atoms with Crippen LogP contribution in [0.1, 0.15) is 23.9 Å². The Morgan fingerprint density at radius 2 is 2.21 bits per heavy atom. The van der Waals surface area contributed by atoms with Gasteiger partial charge in [-0.2, -0.15) is 5.10 Å². The largest absolute Gasteiger partial charge is 0.327 e. The SMILES string of the molecule is CCc1nn(C)c(CC(N)Cc2cccnc2)c1Br. The van der Waals surface area contributed by atoms with Gasteiger partial charge < -0.3 is 5.73 Å². The fraction of sp³-hybridized carbons (Fsp3) is 0.429. The first kappa shape index (κ1) is 14.2. The number of hydrogen-bond donors (Lipinski definition) is 1. The summed E-state index contributed by atoms with van der Waals surface area (Å²) in [5.41, 5.74) is 9.66. The van der Waals surface area contributed by atoms with E-state index in [1.54, 1.807) is 6.20 Å². The summed E-state index contributed by atoms with van der Waals surface area (Å²) in [5.74, 6) is 0. The molecule has 0 fully saturated rings. The number of aromatic nitrogens is 3. The molecular formula is C14H19BrN4. The summed E-state index contributed by atoms with van der Waals surface area (Å²) in [6.45, 7) is 2.10. The van der Waals surface area contributed by atoms with Crippen molar-refractivity contribution >= 4 is 15.9 Å². The van der Waals surface area contributed by atoms with Gasteiger partial charge in [0.05, 0.1) is 15.9 Å². The number of pyridine rings is 1. The molecule has 2 heterocycles. The predicted octanol–water partition coefficient (Wildman–Crippen LogP) is 2.25. The quantitative estimate of drug-likeness (QED) is 0.918. The van der Waals surface area contributed by atoms with Crippen molar-refractivity contribution in [1.29, 1.82) is 0 Å². The molecule has 0 spiro atoms. The second-order valence-corrected chi connectivity index (χ2v) is 5.51. The molecule has 2 N–H and O–H groups in total. The van der Waals surface area contributed by atoms with Crippen LogP contribution in [0, 0.1) is 0 Å². The molecule has 0 amide bonds. The molecule has 0 bridgehead atoms. The summed E-state index contributed by atoms with van der Waals surface area (Å²) < 4.78 is 3.02. The number of nitrogens with zero attached hydrogens (tertiary/aromatic N) is 3. The van der Waals surface area contributed by atoms with Crippen LogP contribution in [0.3, 0.4) is 0 Å². The van der Waals surface area contributed by atoms with Gasteiger partial charge in [0.2, 0.25) is 0 Å². The van der Waals surface area contributed by atoms with Crippen LogP contribution in [0.15, 0.2) is 29.0 Å². The highest BCUT2D eigenvalue weighted by molar-refractivity contribution is 9.10. The van der Waals surface area contributed by atoms with Crippen molar-refractivity contribution in [3.8, 4) is 0 Å². The number of aryl methyl sites for hydroxylation is 2. The van der Waals surface area contributed by atoms with Crippen molar-refractivity contribution in [2.45, 2.75) is 32.2 Å². The van der Waals surface area contributed by atoms with Crippen molar-refractivity contribution in [2.24, 2.45) is 12.8 Å². The lowest BCUT2D eigenvalue weighted by molar-refractivity contribution is 0.610. The van der Waals surface area contributed by atoms with Crippen molar-refractivity contribution in [2.75, 3.05) is 0 Å². The van der Waals surface area contributed by atoms with Gasteiger partial charge in [-0.3, -0.25) is 9.67 Å². The summed E-state index contributed by atoms with van der Waals surface area (Å²) >= 11 is 3.62. The second kappa shape index (κ2) is 6.30. The van der Waals surface area contributed by atoms with Crippen LogP contribution in [0.2, 0.25) is 0 Å². The number of hydrogen-bond acceptors (Lipinski definition) is 3. The van der Waals surface area contributed by atoms with Crippen LogP contribution in [0.25, 0.3) is 0 Å². The highest BCUT2D eigenvalue weighted by atomic mass is 79.9. The summed E-state index contributed by atoms with van der Waals surface area (Å²) in [7, 11) is 1.97. The number of nitrogens with two attached hydrogens (primary N) is 1. The molecule has 0 saturated heterocycles. The van der Waals surface area contributed by atoms with Crippen molar-refractivity contribution in [1.82, 2.24) is 14.8 Å². The minimum atomic E-state index is 0.0700. The summed E-state index contributed by atoms with van der Waals surface area (Å²) in [6, 6.07) is 4.07. The topological polar surface area (TPSA) is 56.7 Å². The van der Waals surface area contributed by atoms with Crippen molar-refractivity contribution in [3.05, 3.63) is 46.0 Å². The molecule has 1 unspecified atom stereocenters. The molecule has 19 heavy (non-hydrogen) atoms. The molecule has 0 radical (unpaired) electrons. The van der Waals surface area contributed by atoms with Crippen LogP contribution >= 0.6 is 15.9 Å². The number of halogens is 1. The number of rotatable bonds is 5. The van der Waals surface area contributed by atoms with E-state index in [1.165, 1.54) is 5.56 Å². The molecule has 2 rings (SSSR count). The molecule has 1 atom stereocenters. The average molecular weight is 323 g/mol. The highest BCUT2D eigenvalue weighted by Crippen LogP contribution is 2.23. The maximum absolute atomic E-state index is 6.24. The van der Waals surface area contributed by atoms with Crippen LogP contribution in [0.4, 0.5) is 0 Å². The van der Waals surface area contributed by atoms with Gasteiger partial charge in [0, 0.05) is 31.9 Å². The maximum atomic E-state index is 6.24. The van der Waals surface area contributed by atoms with E-state index >= 15 is 0 Å². The molecule has 2 aromatic rings. The standard InChI is InChI=1S/C14H19BrN4/c1-3-12-14(15)13(19(2)18-12)8-11(16)7-10-5-4-6-17-9-10/h4-6,9,11H,3,7-8,16H2,1-2H3. The minimum Gasteiger partial charge on any atom is -0.327 e. The third kappa shape index (κ3) is 3.42. The van der Waals surface area contributed by atoms with E-state index in [0.717, 1.165) is 35.1 Å². The Morgan fingerprint density at radius 3 is 2.79 bits per heavy atom. The summed E-state index contributed by atoms with van der Waals surface area (Å²) in [5, 5.41) is 4.49. The zero-order valence-electron chi connectivity index (χ0n) is 11.3. The smallest absolute Gasteiger partial charge is 0.0766 e. The Kier molecular flexibility index (Phi) is 4.71. The van der Waals surface area contributed by atoms with Gasteiger partial charge in [-0.05, 0) is 40.4 Å². The van der Waals surface area contributed by atoms with E-state index in [2.05, 4.69) is 39.0 Å². The Bertz CT molecular complexity index is 536. The minimum absolute atomic E-state index is 0.0700. The van der Waals surface area contributed by atoms with Gasteiger partial charge in [0.25, 0.3) is 0 Å². The summed E-state index contributed by atoms with van der Waals surface area (Å²) in [4.78, 5) is 4.11. The molecule has 0 aliphatic rings. The first-order chi connectivity index (χ1) is 9.11. The third-order valence-corrected chi connectivity index (χ3v) is 4.09. The zero-order chi connectivity index (χ0) is 13.8. The molecule has 0 aliphatic carbocycles. The van der Waals surface area contributed by atoms with Crippen molar-refractivity contribution in [3.63, 3.8) is 0 Å². The van der Waals surface area contributed by atoms with Crippen molar-refractivity contribution < 1.29 is 0 Å². The van der Waals surface area contributed by atoms with Crippen LogP contribution in [0.5, 0.6) is 0 Å². The lowest BCUT2D eigenvalue weighted by Crippen LogP contribution is -2.26. The summed E-state index contributed by atoms with van der Waals surface area (Å²) in [6.07, 6.45) is 6.20. The lowest BCUT2D eigenvalue weighted by Gasteiger charge is -2.12. The van der Waals surface area contributed by atoms with Gasteiger partial charge >= 0.3 is 0 Å². The van der Waals surface area contributed by atoms with E-state index in [4.69, 9.17) is 5.73 Å². The molecule has 4 nitrogen and oxygen atoms in total. The third-order valence-electron chi connectivity index (χ3n) is 3.18. The molecule has 0 saturated carbocycles. The zero-order valence-corrected chi connectivity index (χ0v) is 12.9. The normalized spacial score (nSPS) is 12.6. The molecular weight excluding hydrogens is 304 g/mol. The fourth-order valence-corrected chi connectivity index (χ4v) is 2.96. The van der Waals surface area contributed by atoms with E-state index in [1.807, 2.05) is 24.0 Å². The van der Waals surface area contributed by atoms with Gasteiger partial charge in [0.1, 0.15) is 0 Å². The van der Waals surface area contributed by atoms with Crippen LogP contribution < -0.4 is 5.73 Å². The monoisotopic (exact) mass is 322 g/mol. The van der Waals surface area contributed by atoms with Gasteiger partial charge in [-0.25, -0.2) is 0 Å². The highest BCUT2D eigenvalue weighted by Gasteiger charge is 2.15. The molecule has 5 heteroatoms. The van der Waals surface area contributed by atoms with Crippen LogP contribution in [-0.2, 0) is 26.3 Å². The van der Waals surface area contributed by atoms with E-state index in [0.29, 0.717) is 0 Å². The second-order valence-electron chi connectivity index (χ2n) is 4.71. The fourth-order valence-electron chi connectivity index (χ4n) is 2.18. The van der Waals surface area contributed by atoms with E-state index in [-0.39, 0.29) is 6.04 Å². The molecule has 0 aliphatic heterocycles. The Labute approximate surface area is 122 Å². The predicted molar refractivity (Wildman–Crippen MR) is 79.9 cm³/mol. The van der Waals surface area contributed by atoms with Crippen LogP contribution in [-0.4, -0.2) is 20.8 Å². The maximum Gasteiger partial charge on any atom is 0.0766 e. The van der Waals surface area contributed by atoms with Gasteiger partial charge in [0.15, 0.2) is 0 Å².